The van der Waals surface area contributed by atoms with E-state index >= 15 is 0 Å². The minimum atomic E-state index is 0.136. The molecule has 1 aromatic carbocycles. The summed E-state index contributed by atoms with van der Waals surface area (Å²) in [5.74, 6) is 2.20. The zero-order valence-electron chi connectivity index (χ0n) is 16.4. The predicted molar refractivity (Wildman–Crippen MR) is 108 cm³/mol. The lowest BCUT2D eigenvalue weighted by molar-refractivity contribution is -0.129. The van der Waals surface area contributed by atoms with Crippen LogP contribution in [0.3, 0.4) is 0 Å². The van der Waals surface area contributed by atoms with Crippen molar-refractivity contribution >= 4 is 17.7 Å². The molecule has 3 rings (SSSR count). The molecule has 1 atom stereocenters. The molecule has 0 saturated heterocycles. The Morgan fingerprint density at radius 2 is 1.93 bits per heavy atom. The van der Waals surface area contributed by atoms with E-state index in [1.807, 2.05) is 30.1 Å². The zero-order valence-corrected chi connectivity index (χ0v) is 17.2. The molecule has 1 heterocycles. The van der Waals surface area contributed by atoms with E-state index in [1.54, 1.807) is 0 Å². The first-order valence-corrected chi connectivity index (χ1v) is 10.8. The van der Waals surface area contributed by atoms with Gasteiger partial charge in [-0.2, -0.15) is 0 Å². The summed E-state index contributed by atoms with van der Waals surface area (Å²) in [6.07, 6.45) is 5.34. The molecule has 1 saturated carbocycles. The van der Waals surface area contributed by atoms with Gasteiger partial charge in [0, 0.05) is 19.5 Å². The summed E-state index contributed by atoms with van der Waals surface area (Å²) in [5.41, 5.74) is 1.25. The van der Waals surface area contributed by atoms with Crippen LogP contribution in [0, 0.1) is 5.92 Å². The van der Waals surface area contributed by atoms with Gasteiger partial charge in [0.2, 0.25) is 11.8 Å². The van der Waals surface area contributed by atoms with Gasteiger partial charge in [0.05, 0.1) is 5.75 Å². The Balaban J connectivity index is 1.47. The highest BCUT2D eigenvalue weighted by molar-refractivity contribution is 7.99. The lowest BCUT2D eigenvalue weighted by Crippen LogP contribution is -2.40. The van der Waals surface area contributed by atoms with Crippen LogP contribution in [0.1, 0.15) is 56.9 Å². The molecular formula is C21H29N3O2S. The van der Waals surface area contributed by atoms with E-state index in [2.05, 4.69) is 36.2 Å². The largest absolute Gasteiger partial charge is 0.416 e. The number of nitrogens with zero attached hydrogens (tertiary/aromatic N) is 3. The van der Waals surface area contributed by atoms with Crippen molar-refractivity contribution in [2.45, 2.75) is 63.1 Å². The molecule has 27 heavy (non-hydrogen) atoms. The van der Waals surface area contributed by atoms with Crippen LogP contribution in [0.2, 0.25) is 0 Å². The Hall–Kier alpha value is -1.82. The second-order valence-corrected chi connectivity index (χ2v) is 8.61. The molecule has 1 aliphatic rings. The number of hydrogen-bond acceptors (Lipinski definition) is 5. The summed E-state index contributed by atoms with van der Waals surface area (Å²) < 4.78 is 5.74. The number of carbonyl (C=O) groups excluding carboxylic acids is 1. The van der Waals surface area contributed by atoms with Gasteiger partial charge < -0.3 is 9.32 Å². The zero-order chi connectivity index (χ0) is 19.2. The minimum Gasteiger partial charge on any atom is -0.416 e. The first-order chi connectivity index (χ1) is 13.0. The Bertz CT molecular complexity index is 726. The van der Waals surface area contributed by atoms with Crippen LogP contribution in [0.15, 0.2) is 40.0 Å². The van der Waals surface area contributed by atoms with Gasteiger partial charge in [0.25, 0.3) is 5.22 Å². The third-order valence-corrected chi connectivity index (χ3v) is 6.35. The lowest BCUT2D eigenvalue weighted by atomic mass is 9.87. The van der Waals surface area contributed by atoms with E-state index in [0.717, 1.165) is 18.8 Å². The van der Waals surface area contributed by atoms with E-state index in [0.29, 0.717) is 35.2 Å². The highest BCUT2D eigenvalue weighted by Gasteiger charge is 2.25. The molecule has 1 fully saturated rings. The van der Waals surface area contributed by atoms with Crippen molar-refractivity contribution in [2.75, 3.05) is 12.8 Å². The minimum absolute atomic E-state index is 0.136. The number of aromatic nitrogens is 2. The van der Waals surface area contributed by atoms with Crippen molar-refractivity contribution in [2.24, 2.45) is 5.92 Å². The number of rotatable bonds is 7. The molecular weight excluding hydrogens is 358 g/mol. The van der Waals surface area contributed by atoms with E-state index in [1.165, 1.54) is 30.2 Å². The molecule has 0 radical (unpaired) electrons. The molecule has 0 bridgehead atoms. The molecule has 5 nitrogen and oxygen atoms in total. The maximum atomic E-state index is 12.5. The van der Waals surface area contributed by atoms with Gasteiger partial charge >= 0.3 is 0 Å². The van der Waals surface area contributed by atoms with Gasteiger partial charge in [0.1, 0.15) is 0 Å². The van der Waals surface area contributed by atoms with E-state index in [4.69, 9.17) is 4.42 Å². The number of benzene rings is 1. The third kappa shape index (κ3) is 5.58. The molecule has 1 aliphatic carbocycles. The van der Waals surface area contributed by atoms with Crippen LogP contribution in [0.4, 0.5) is 0 Å². The second kappa shape index (κ2) is 9.40. The Morgan fingerprint density at radius 3 is 2.63 bits per heavy atom. The standard InChI is InChI=1S/C21H29N3O2S/c1-15-9-11-18(12-10-15)24(3)20(25)14-27-21-23-22-19(26-21)13-16(2)17-7-5-4-6-8-17/h4-8,15-16,18H,9-14H2,1-3H3. The fourth-order valence-electron chi connectivity index (χ4n) is 3.60. The van der Waals surface area contributed by atoms with Gasteiger partial charge in [-0.25, -0.2) is 0 Å². The maximum absolute atomic E-state index is 12.5. The molecule has 6 heteroatoms. The van der Waals surface area contributed by atoms with Gasteiger partial charge in [-0.3, -0.25) is 4.79 Å². The van der Waals surface area contributed by atoms with E-state index < -0.39 is 0 Å². The van der Waals surface area contributed by atoms with E-state index in [-0.39, 0.29) is 5.91 Å². The molecule has 1 unspecified atom stereocenters. The third-order valence-electron chi connectivity index (χ3n) is 5.54. The van der Waals surface area contributed by atoms with Crippen LogP contribution < -0.4 is 0 Å². The van der Waals surface area contributed by atoms with Gasteiger partial charge in [-0.1, -0.05) is 55.9 Å². The van der Waals surface area contributed by atoms with Crippen LogP contribution in [-0.4, -0.2) is 39.8 Å². The molecule has 146 valence electrons. The summed E-state index contributed by atoms with van der Waals surface area (Å²) in [6.45, 7) is 4.44. The van der Waals surface area contributed by atoms with Crippen molar-refractivity contribution in [3.63, 3.8) is 0 Å². The molecule has 1 amide bonds. The highest BCUT2D eigenvalue weighted by atomic mass is 32.2. The molecule has 0 N–H and O–H groups in total. The number of amides is 1. The van der Waals surface area contributed by atoms with Gasteiger partial charge in [-0.05, 0) is 43.1 Å². The second-order valence-electron chi connectivity index (χ2n) is 7.68. The van der Waals surface area contributed by atoms with Crippen molar-refractivity contribution in [1.82, 2.24) is 15.1 Å². The fourth-order valence-corrected chi connectivity index (χ4v) is 4.30. The number of carbonyl (C=O) groups is 1. The molecule has 0 aliphatic heterocycles. The first-order valence-electron chi connectivity index (χ1n) is 9.78. The predicted octanol–water partition coefficient (Wildman–Crippen LogP) is 4.55. The lowest BCUT2D eigenvalue weighted by Gasteiger charge is -2.33. The van der Waals surface area contributed by atoms with Crippen LogP contribution in [0.25, 0.3) is 0 Å². The van der Waals surface area contributed by atoms with Crippen molar-refractivity contribution in [3.05, 3.63) is 41.8 Å². The smallest absolute Gasteiger partial charge is 0.277 e. The Labute approximate surface area is 165 Å². The van der Waals surface area contributed by atoms with Gasteiger partial charge in [0.15, 0.2) is 0 Å². The summed E-state index contributed by atoms with van der Waals surface area (Å²) >= 11 is 1.33. The first kappa shape index (κ1) is 19.9. The molecule has 0 spiro atoms. The topological polar surface area (TPSA) is 59.2 Å². The normalized spacial score (nSPS) is 21.0. The van der Waals surface area contributed by atoms with E-state index in [9.17, 15) is 4.79 Å². The summed E-state index contributed by atoms with van der Waals surface area (Å²) in [7, 11) is 1.92. The number of hydrogen-bond donors (Lipinski definition) is 0. The summed E-state index contributed by atoms with van der Waals surface area (Å²) in [6, 6.07) is 10.7. The van der Waals surface area contributed by atoms with Crippen molar-refractivity contribution in [1.29, 1.82) is 0 Å². The Kier molecular flexibility index (Phi) is 6.94. The summed E-state index contributed by atoms with van der Waals surface area (Å²) in [4.78, 5) is 14.4. The summed E-state index contributed by atoms with van der Waals surface area (Å²) in [5, 5.41) is 8.71. The maximum Gasteiger partial charge on any atom is 0.277 e. The fraction of sp³-hybridized carbons (Fsp3) is 0.571. The molecule has 2 aromatic rings. The molecule has 1 aromatic heterocycles. The average Bonchev–Trinajstić information content (AvgIpc) is 3.14. The Morgan fingerprint density at radius 1 is 1.22 bits per heavy atom. The number of thioether (sulfide) groups is 1. The van der Waals surface area contributed by atoms with Crippen LogP contribution >= 0.6 is 11.8 Å². The van der Waals surface area contributed by atoms with Crippen LogP contribution in [0.5, 0.6) is 0 Å². The van der Waals surface area contributed by atoms with Crippen molar-refractivity contribution < 1.29 is 9.21 Å². The highest BCUT2D eigenvalue weighted by Crippen LogP contribution is 2.27. The quantitative estimate of drug-likeness (QED) is 0.653. The monoisotopic (exact) mass is 387 g/mol. The van der Waals surface area contributed by atoms with Crippen molar-refractivity contribution in [3.8, 4) is 0 Å². The average molecular weight is 388 g/mol. The van der Waals surface area contributed by atoms with Gasteiger partial charge in [-0.15, -0.1) is 10.2 Å². The van der Waals surface area contributed by atoms with Crippen LogP contribution in [-0.2, 0) is 11.2 Å². The SMILES string of the molecule is CC1CCC(N(C)C(=O)CSc2nnc(CC(C)c3ccccc3)o2)CC1.